The summed E-state index contributed by atoms with van der Waals surface area (Å²) in [7, 11) is 4.68. The van der Waals surface area contributed by atoms with Crippen LogP contribution in [0.3, 0.4) is 0 Å². The van der Waals surface area contributed by atoms with Crippen molar-refractivity contribution >= 4 is 16.6 Å². The number of pyridine rings is 1. The number of hydrogen-bond acceptors (Lipinski definition) is 5. The quantitative estimate of drug-likeness (QED) is 0.877. The molecule has 1 aromatic heterocycles. The molecule has 0 aliphatic rings. The number of anilines is 1. The molecule has 17 heavy (non-hydrogen) atoms. The summed E-state index contributed by atoms with van der Waals surface area (Å²) in [5, 5.41) is 0.729. The Morgan fingerprint density at radius 2 is 1.76 bits per heavy atom. The third-order valence-corrected chi connectivity index (χ3v) is 2.57. The summed E-state index contributed by atoms with van der Waals surface area (Å²) < 4.78 is 15.9. The first-order valence-corrected chi connectivity index (χ1v) is 5.06. The summed E-state index contributed by atoms with van der Waals surface area (Å²) in [6.45, 7) is 0. The number of nitrogen functional groups attached to an aromatic ring is 1. The normalized spacial score (nSPS) is 10.3. The number of methoxy groups -OCH3 is 3. The first-order valence-electron chi connectivity index (χ1n) is 5.06. The van der Waals surface area contributed by atoms with Gasteiger partial charge in [0.05, 0.1) is 32.2 Å². The van der Waals surface area contributed by atoms with Gasteiger partial charge >= 0.3 is 0 Å². The number of rotatable bonds is 3. The van der Waals surface area contributed by atoms with Crippen LogP contribution in [0.15, 0.2) is 18.3 Å². The van der Waals surface area contributed by atoms with Crippen LogP contribution in [-0.2, 0) is 0 Å². The molecular formula is C12H14N2O3. The number of aromatic nitrogens is 1. The van der Waals surface area contributed by atoms with Gasteiger partial charge in [0, 0.05) is 18.0 Å². The molecule has 5 heteroatoms. The SMILES string of the molecule is COc1cc2nccc(N)c2c(OC)c1OC. The molecule has 90 valence electrons. The van der Waals surface area contributed by atoms with E-state index in [0.717, 1.165) is 5.39 Å². The molecule has 0 aliphatic heterocycles. The molecule has 0 saturated heterocycles. The van der Waals surface area contributed by atoms with Gasteiger partial charge in [-0.25, -0.2) is 0 Å². The molecule has 0 saturated carbocycles. The number of nitrogens with zero attached hydrogens (tertiary/aromatic N) is 1. The predicted octanol–water partition coefficient (Wildman–Crippen LogP) is 1.84. The summed E-state index contributed by atoms with van der Waals surface area (Å²) in [5.74, 6) is 1.62. The minimum absolute atomic E-state index is 0.516. The number of hydrogen-bond donors (Lipinski definition) is 1. The molecule has 0 spiro atoms. The van der Waals surface area contributed by atoms with Crippen LogP contribution < -0.4 is 19.9 Å². The van der Waals surface area contributed by atoms with Crippen molar-refractivity contribution in [2.75, 3.05) is 27.1 Å². The Hall–Kier alpha value is -2.17. The highest BCUT2D eigenvalue weighted by atomic mass is 16.5. The predicted molar refractivity (Wildman–Crippen MR) is 65.8 cm³/mol. The molecular weight excluding hydrogens is 220 g/mol. The fraction of sp³-hybridized carbons (Fsp3) is 0.250. The maximum Gasteiger partial charge on any atom is 0.204 e. The van der Waals surface area contributed by atoms with Gasteiger partial charge in [0.2, 0.25) is 5.75 Å². The minimum atomic E-state index is 0.516. The number of fused-ring (bicyclic) bond motifs is 1. The second-order valence-electron chi connectivity index (χ2n) is 3.44. The molecule has 2 aromatic rings. The van der Waals surface area contributed by atoms with Gasteiger partial charge in [0.1, 0.15) is 0 Å². The first kappa shape index (κ1) is 11.3. The van der Waals surface area contributed by atoms with Crippen molar-refractivity contribution in [3.05, 3.63) is 18.3 Å². The third kappa shape index (κ3) is 1.69. The molecule has 1 heterocycles. The van der Waals surface area contributed by atoms with Gasteiger partial charge < -0.3 is 19.9 Å². The average molecular weight is 234 g/mol. The highest BCUT2D eigenvalue weighted by Crippen LogP contribution is 2.44. The zero-order chi connectivity index (χ0) is 12.4. The van der Waals surface area contributed by atoms with Crippen LogP contribution in [0.5, 0.6) is 17.2 Å². The second kappa shape index (κ2) is 4.37. The van der Waals surface area contributed by atoms with Crippen molar-refractivity contribution in [2.24, 2.45) is 0 Å². The monoisotopic (exact) mass is 234 g/mol. The smallest absolute Gasteiger partial charge is 0.204 e. The van der Waals surface area contributed by atoms with Crippen molar-refractivity contribution in [3.63, 3.8) is 0 Å². The van der Waals surface area contributed by atoms with E-state index < -0.39 is 0 Å². The highest BCUT2D eigenvalue weighted by molar-refractivity contribution is 5.98. The number of ether oxygens (including phenoxy) is 3. The molecule has 0 fully saturated rings. The van der Waals surface area contributed by atoms with Crippen LogP contribution in [-0.4, -0.2) is 26.3 Å². The summed E-state index contributed by atoms with van der Waals surface area (Å²) in [4.78, 5) is 4.24. The van der Waals surface area contributed by atoms with E-state index in [1.54, 1.807) is 39.7 Å². The van der Waals surface area contributed by atoms with E-state index in [9.17, 15) is 0 Å². The van der Waals surface area contributed by atoms with Crippen LogP contribution in [0.2, 0.25) is 0 Å². The molecule has 5 nitrogen and oxygen atoms in total. The molecule has 2 N–H and O–H groups in total. The van der Waals surface area contributed by atoms with Crippen LogP contribution >= 0.6 is 0 Å². The molecule has 0 amide bonds. The fourth-order valence-electron chi connectivity index (χ4n) is 1.81. The van der Waals surface area contributed by atoms with E-state index in [1.165, 1.54) is 0 Å². The van der Waals surface area contributed by atoms with Crippen LogP contribution in [0.4, 0.5) is 5.69 Å². The molecule has 1 aromatic carbocycles. The van der Waals surface area contributed by atoms with Crippen LogP contribution in [0, 0.1) is 0 Å². The van der Waals surface area contributed by atoms with Gasteiger partial charge in [-0.05, 0) is 6.07 Å². The summed E-state index contributed by atoms with van der Waals surface area (Å²) in [5.41, 5.74) is 7.23. The highest BCUT2D eigenvalue weighted by Gasteiger charge is 2.17. The average Bonchev–Trinajstić information content (AvgIpc) is 2.36. The maximum absolute atomic E-state index is 5.93. The zero-order valence-electron chi connectivity index (χ0n) is 9.98. The topological polar surface area (TPSA) is 66.6 Å². The Kier molecular flexibility index (Phi) is 2.91. The first-order chi connectivity index (χ1) is 8.22. The van der Waals surface area contributed by atoms with Gasteiger partial charge in [0.25, 0.3) is 0 Å². The summed E-state index contributed by atoms with van der Waals surface area (Å²) in [6, 6.07) is 3.49. The van der Waals surface area contributed by atoms with E-state index in [2.05, 4.69) is 4.98 Å². The Morgan fingerprint density at radius 1 is 1.06 bits per heavy atom. The molecule has 0 unspecified atom stereocenters. The van der Waals surface area contributed by atoms with Crippen molar-refractivity contribution in [1.29, 1.82) is 0 Å². The van der Waals surface area contributed by atoms with Gasteiger partial charge in [-0.2, -0.15) is 0 Å². The molecule has 0 radical (unpaired) electrons. The largest absolute Gasteiger partial charge is 0.493 e. The Balaban J connectivity index is 2.90. The van der Waals surface area contributed by atoms with E-state index in [4.69, 9.17) is 19.9 Å². The number of nitrogens with two attached hydrogens (primary N) is 1. The van der Waals surface area contributed by atoms with Crippen LogP contribution in [0.1, 0.15) is 0 Å². The molecule has 0 bridgehead atoms. The fourth-order valence-corrected chi connectivity index (χ4v) is 1.81. The van der Waals surface area contributed by atoms with Crippen molar-refractivity contribution in [1.82, 2.24) is 4.98 Å². The van der Waals surface area contributed by atoms with E-state index in [0.29, 0.717) is 28.5 Å². The van der Waals surface area contributed by atoms with E-state index in [-0.39, 0.29) is 0 Å². The Morgan fingerprint density at radius 3 is 2.35 bits per heavy atom. The maximum atomic E-state index is 5.93. The van der Waals surface area contributed by atoms with Crippen molar-refractivity contribution in [2.45, 2.75) is 0 Å². The standard InChI is InChI=1S/C12H14N2O3/c1-15-9-6-8-10(7(13)4-5-14-8)12(17-3)11(9)16-2/h4-6H,1-3H3,(H2,13,14). The Labute approximate surface area is 99.1 Å². The van der Waals surface area contributed by atoms with Gasteiger partial charge in [0.15, 0.2) is 11.5 Å². The lowest BCUT2D eigenvalue weighted by molar-refractivity contribution is 0.327. The van der Waals surface area contributed by atoms with Crippen molar-refractivity contribution < 1.29 is 14.2 Å². The zero-order valence-corrected chi connectivity index (χ0v) is 9.98. The van der Waals surface area contributed by atoms with Gasteiger partial charge in [-0.15, -0.1) is 0 Å². The van der Waals surface area contributed by atoms with Gasteiger partial charge in [-0.1, -0.05) is 0 Å². The molecule has 0 aliphatic carbocycles. The second-order valence-corrected chi connectivity index (χ2v) is 3.44. The van der Waals surface area contributed by atoms with Crippen molar-refractivity contribution in [3.8, 4) is 17.2 Å². The van der Waals surface area contributed by atoms with E-state index in [1.807, 2.05) is 0 Å². The summed E-state index contributed by atoms with van der Waals surface area (Å²) in [6.07, 6.45) is 1.64. The molecule has 2 rings (SSSR count). The lowest BCUT2D eigenvalue weighted by atomic mass is 10.1. The van der Waals surface area contributed by atoms with E-state index >= 15 is 0 Å². The summed E-state index contributed by atoms with van der Waals surface area (Å²) >= 11 is 0. The molecule has 0 atom stereocenters. The minimum Gasteiger partial charge on any atom is -0.493 e. The third-order valence-electron chi connectivity index (χ3n) is 2.57. The Bertz CT molecular complexity index is 555. The number of benzene rings is 1. The van der Waals surface area contributed by atoms with Gasteiger partial charge in [-0.3, -0.25) is 4.98 Å². The lowest BCUT2D eigenvalue weighted by Gasteiger charge is -2.15. The lowest BCUT2D eigenvalue weighted by Crippen LogP contribution is -1.98. The van der Waals surface area contributed by atoms with Crippen LogP contribution in [0.25, 0.3) is 10.9 Å².